The van der Waals surface area contributed by atoms with Crippen LogP contribution in [0.2, 0.25) is 0 Å². The summed E-state index contributed by atoms with van der Waals surface area (Å²) in [6, 6.07) is 2.12. The Bertz CT molecular complexity index is 412. The van der Waals surface area contributed by atoms with E-state index < -0.39 is 23.4 Å². The quantitative estimate of drug-likeness (QED) is 0.466. The summed E-state index contributed by atoms with van der Waals surface area (Å²) < 4.78 is 0. The van der Waals surface area contributed by atoms with Crippen molar-refractivity contribution in [3.05, 3.63) is 23.3 Å². The lowest BCUT2D eigenvalue weighted by atomic mass is 9.99. The lowest BCUT2D eigenvalue weighted by Gasteiger charge is -2.13. The van der Waals surface area contributed by atoms with Crippen molar-refractivity contribution >= 4 is 18.3 Å². The first kappa shape index (κ1) is 15.5. The Morgan fingerprint density at radius 3 is 2.41 bits per heavy atom. The number of aliphatic hydroxyl groups is 1. The monoisotopic (exact) mass is 262 g/mol. The van der Waals surface area contributed by atoms with Gasteiger partial charge in [0.05, 0.1) is 12.2 Å². The van der Waals surface area contributed by atoms with Crippen LogP contribution in [-0.2, 0) is 6.42 Å². The Kier molecular flexibility index (Phi) is 5.73. The summed E-state index contributed by atoms with van der Waals surface area (Å²) in [7, 11) is 0. The Morgan fingerprint density at radius 2 is 1.94 bits per heavy atom. The normalized spacial score (nSPS) is 11.6. The van der Waals surface area contributed by atoms with Gasteiger partial charge in [-0.15, -0.1) is 12.4 Å². The molecule has 7 heteroatoms. The highest BCUT2D eigenvalue weighted by Crippen LogP contribution is 2.31. The molecular formula is C10H15ClN2O4. The zero-order valence-corrected chi connectivity index (χ0v) is 9.78. The van der Waals surface area contributed by atoms with Crippen molar-refractivity contribution in [1.29, 1.82) is 0 Å². The predicted octanol–water partition coefficient (Wildman–Crippen LogP) is -0.519. The maximum Gasteiger partial charge on any atom is 0.252 e. The van der Waals surface area contributed by atoms with E-state index in [0.717, 1.165) is 0 Å². The van der Waals surface area contributed by atoms with Crippen LogP contribution in [0.15, 0.2) is 12.1 Å². The van der Waals surface area contributed by atoms with Gasteiger partial charge in [0, 0.05) is 6.04 Å². The molecule has 0 aliphatic rings. The van der Waals surface area contributed by atoms with Gasteiger partial charge in [0.1, 0.15) is 0 Å². The van der Waals surface area contributed by atoms with Crippen LogP contribution >= 0.6 is 12.4 Å². The van der Waals surface area contributed by atoms with Gasteiger partial charge in [-0.25, -0.2) is 0 Å². The summed E-state index contributed by atoms with van der Waals surface area (Å²) >= 11 is 0. The van der Waals surface area contributed by atoms with Gasteiger partial charge in [0.15, 0.2) is 11.5 Å². The zero-order valence-electron chi connectivity index (χ0n) is 8.96. The predicted molar refractivity (Wildman–Crippen MR) is 64.3 cm³/mol. The molecule has 0 bridgehead atoms. The number of phenols is 2. The molecule has 0 heterocycles. The summed E-state index contributed by atoms with van der Waals surface area (Å²) in [5.41, 5.74) is 10.8. The first-order valence-electron chi connectivity index (χ1n) is 4.67. The SMILES string of the molecule is Cl.NC(=O)c1c(C[C@H](N)CO)ccc(O)c1O. The number of carbonyl (C=O) groups excluding carboxylic acids is 1. The minimum atomic E-state index is -0.853. The molecule has 1 aromatic rings. The van der Waals surface area contributed by atoms with Gasteiger partial charge < -0.3 is 26.8 Å². The number of nitrogens with two attached hydrogens (primary N) is 2. The van der Waals surface area contributed by atoms with Gasteiger partial charge in [0.25, 0.3) is 5.91 Å². The topological polar surface area (TPSA) is 130 Å². The summed E-state index contributed by atoms with van der Waals surface area (Å²) in [4.78, 5) is 11.1. The number of phenolic OH excluding ortho intramolecular Hbond substituents is 1. The molecule has 96 valence electrons. The molecule has 6 nitrogen and oxygen atoms in total. The van der Waals surface area contributed by atoms with Crippen molar-refractivity contribution in [2.75, 3.05) is 6.61 Å². The van der Waals surface area contributed by atoms with Crippen LogP contribution in [0.25, 0.3) is 0 Å². The molecule has 0 aliphatic carbocycles. The molecular weight excluding hydrogens is 248 g/mol. The molecule has 0 aliphatic heterocycles. The first-order valence-corrected chi connectivity index (χ1v) is 4.67. The maximum absolute atomic E-state index is 11.1. The lowest BCUT2D eigenvalue weighted by molar-refractivity contribution is 0.0996. The Balaban J connectivity index is 0.00000256. The Labute approximate surface area is 104 Å². The van der Waals surface area contributed by atoms with Gasteiger partial charge in [-0.1, -0.05) is 6.07 Å². The Morgan fingerprint density at radius 1 is 1.35 bits per heavy atom. The Hall–Kier alpha value is -1.50. The van der Waals surface area contributed by atoms with Crippen LogP contribution in [0.4, 0.5) is 0 Å². The van der Waals surface area contributed by atoms with Crippen LogP contribution in [0.1, 0.15) is 15.9 Å². The van der Waals surface area contributed by atoms with E-state index in [2.05, 4.69) is 0 Å². The number of hydrogen-bond donors (Lipinski definition) is 5. The number of aliphatic hydroxyl groups excluding tert-OH is 1. The van der Waals surface area contributed by atoms with Crippen LogP contribution in [0.5, 0.6) is 11.5 Å². The molecule has 17 heavy (non-hydrogen) atoms. The molecule has 0 radical (unpaired) electrons. The summed E-state index contributed by atoms with van der Waals surface area (Å²) in [5.74, 6) is -1.83. The molecule has 0 fully saturated rings. The van der Waals surface area contributed by atoms with E-state index in [1.807, 2.05) is 0 Å². The van der Waals surface area contributed by atoms with E-state index in [9.17, 15) is 15.0 Å². The van der Waals surface area contributed by atoms with Crippen molar-refractivity contribution in [2.45, 2.75) is 12.5 Å². The maximum atomic E-state index is 11.1. The number of aromatic hydroxyl groups is 2. The molecule has 1 atom stereocenters. The van der Waals surface area contributed by atoms with Gasteiger partial charge in [-0.2, -0.15) is 0 Å². The van der Waals surface area contributed by atoms with E-state index in [1.165, 1.54) is 12.1 Å². The summed E-state index contributed by atoms with van der Waals surface area (Å²) in [6.07, 6.45) is 0.183. The van der Waals surface area contributed by atoms with Crippen molar-refractivity contribution < 1.29 is 20.1 Å². The number of amides is 1. The lowest BCUT2D eigenvalue weighted by Crippen LogP contribution is -2.28. The van der Waals surface area contributed by atoms with Crippen LogP contribution in [-0.4, -0.2) is 33.9 Å². The number of rotatable bonds is 4. The highest BCUT2D eigenvalue weighted by molar-refractivity contribution is 5.98. The van der Waals surface area contributed by atoms with Crippen LogP contribution in [0, 0.1) is 0 Å². The van der Waals surface area contributed by atoms with Crippen molar-refractivity contribution in [1.82, 2.24) is 0 Å². The third-order valence-electron chi connectivity index (χ3n) is 2.21. The number of carbonyl (C=O) groups is 1. The van der Waals surface area contributed by atoms with Gasteiger partial charge >= 0.3 is 0 Å². The largest absolute Gasteiger partial charge is 0.504 e. The highest BCUT2D eigenvalue weighted by atomic mass is 35.5. The van der Waals surface area contributed by atoms with E-state index in [1.54, 1.807) is 0 Å². The van der Waals surface area contributed by atoms with Crippen LogP contribution < -0.4 is 11.5 Å². The molecule has 0 unspecified atom stereocenters. The average Bonchev–Trinajstić information content (AvgIpc) is 2.23. The fourth-order valence-corrected chi connectivity index (χ4v) is 1.41. The molecule has 1 amide bonds. The smallest absolute Gasteiger partial charge is 0.252 e. The highest BCUT2D eigenvalue weighted by Gasteiger charge is 2.18. The summed E-state index contributed by atoms with van der Waals surface area (Å²) in [6.45, 7) is -0.250. The fourth-order valence-electron chi connectivity index (χ4n) is 1.41. The second kappa shape index (κ2) is 6.29. The van der Waals surface area contributed by atoms with E-state index in [0.29, 0.717) is 5.56 Å². The van der Waals surface area contributed by atoms with Crippen molar-refractivity contribution in [3.8, 4) is 11.5 Å². The molecule has 0 aromatic heterocycles. The molecule has 0 spiro atoms. The molecule has 0 saturated heterocycles. The van der Waals surface area contributed by atoms with E-state index >= 15 is 0 Å². The molecule has 0 saturated carbocycles. The first-order chi connectivity index (χ1) is 7.47. The number of primary amides is 1. The number of benzene rings is 1. The van der Waals surface area contributed by atoms with E-state index in [-0.39, 0.29) is 31.0 Å². The molecule has 1 rings (SSSR count). The third-order valence-corrected chi connectivity index (χ3v) is 2.21. The van der Waals surface area contributed by atoms with Crippen molar-refractivity contribution in [3.63, 3.8) is 0 Å². The van der Waals surface area contributed by atoms with E-state index in [4.69, 9.17) is 16.6 Å². The standard InChI is InChI=1S/C10H14N2O4.ClH/c11-6(4-13)3-5-1-2-7(14)9(15)8(5)10(12)16;/h1-2,6,13-15H,3-4,11H2,(H2,12,16);1H/t6-;/m0./s1. The zero-order chi connectivity index (χ0) is 12.3. The van der Waals surface area contributed by atoms with Crippen LogP contribution in [0.3, 0.4) is 0 Å². The van der Waals surface area contributed by atoms with Gasteiger partial charge in [0.2, 0.25) is 0 Å². The van der Waals surface area contributed by atoms with Gasteiger partial charge in [-0.05, 0) is 18.1 Å². The third kappa shape index (κ3) is 3.48. The molecule has 1 aromatic carbocycles. The number of hydrogen-bond acceptors (Lipinski definition) is 5. The second-order valence-electron chi connectivity index (χ2n) is 3.48. The average molecular weight is 263 g/mol. The van der Waals surface area contributed by atoms with Gasteiger partial charge in [-0.3, -0.25) is 4.79 Å². The summed E-state index contributed by atoms with van der Waals surface area (Å²) in [5, 5.41) is 27.5. The second-order valence-corrected chi connectivity index (χ2v) is 3.48. The number of halogens is 1. The minimum absolute atomic E-state index is 0. The van der Waals surface area contributed by atoms with Crippen molar-refractivity contribution in [2.24, 2.45) is 11.5 Å². The minimum Gasteiger partial charge on any atom is -0.504 e. The molecule has 7 N–H and O–H groups in total. The fraction of sp³-hybridized carbons (Fsp3) is 0.300.